The molecule has 0 atom stereocenters. The minimum atomic E-state index is 0.399. The van der Waals surface area contributed by atoms with Gasteiger partial charge in [0.1, 0.15) is 0 Å². The first kappa shape index (κ1) is 9.00. The molecule has 2 aliphatic rings. The van der Waals surface area contributed by atoms with Crippen LogP contribution in [-0.2, 0) is 4.79 Å². The Balaban J connectivity index is 1.63. The molecule has 1 heterocycles. The fraction of sp³-hybridized carbons (Fsp3) is 0.900. The van der Waals surface area contributed by atoms with Crippen molar-refractivity contribution in [2.24, 2.45) is 17.6 Å². The van der Waals surface area contributed by atoms with Crippen molar-refractivity contribution in [3.63, 3.8) is 0 Å². The average Bonchev–Trinajstić information content (AvgIpc) is 2.83. The highest BCUT2D eigenvalue weighted by atomic mass is 16.2. The molecule has 2 fully saturated rings. The summed E-state index contributed by atoms with van der Waals surface area (Å²) in [6.45, 7) is 2.78. The Morgan fingerprint density at radius 2 is 2.08 bits per heavy atom. The quantitative estimate of drug-likeness (QED) is 0.692. The number of hydrogen-bond acceptors (Lipinski definition) is 2. The Morgan fingerprint density at radius 3 is 2.62 bits per heavy atom. The van der Waals surface area contributed by atoms with Crippen LogP contribution in [0.2, 0.25) is 0 Å². The third-order valence-electron chi connectivity index (χ3n) is 3.01. The highest BCUT2D eigenvalue weighted by Gasteiger charge is 2.38. The standard InChI is InChI=1S/C10H18N2O/c11-5-1-2-8-6-12(7-8)10(13)9-3-4-9/h8-9H,1-7,11H2. The fourth-order valence-corrected chi connectivity index (χ4v) is 1.93. The molecule has 1 saturated carbocycles. The molecule has 1 aliphatic heterocycles. The summed E-state index contributed by atoms with van der Waals surface area (Å²) in [5.74, 6) is 1.55. The maximum Gasteiger partial charge on any atom is 0.225 e. The molecule has 2 rings (SSSR count). The minimum absolute atomic E-state index is 0.399. The summed E-state index contributed by atoms with van der Waals surface area (Å²) in [5, 5.41) is 0. The first-order valence-electron chi connectivity index (χ1n) is 5.30. The first-order valence-corrected chi connectivity index (χ1v) is 5.30. The van der Waals surface area contributed by atoms with E-state index >= 15 is 0 Å². The van der Waals surface area contributed by atoms with E-state index in [1.54, 1.807) is 0 Å². The highest BCUT2D eigenvalue weighted by molar-refractivity contribution is 5.81. The Bertz CT molecular complexity index is 195. The summed E-state index contributed by atoms with van der Waals surface area (Å²) in [7, 11) is 0. The number of carbonyl (C=O) groups is 1. The summed E-state index contributed by atoms with van der Waals surface area (Å²) in [5.41, 5.74) is 5.43. The molecule has 1 aliphatic carbocycles. The van der Waals surface area contributed by atoms with Gasteiger partial charge in [-0.25, -0.2) is 0 Å². The molecule has 0 aromatic carbocycles. The van der Waals surface area contributed by atoms with Gasteiger partial charge in [-0.1, -0.05) is 0 Å². The van der Waals surface area contributed by atoms with E-state index in [-0.39, 0.29) is 0 Å². The lowest BCUT2D eigenvalue weighted by Crippen LogP contribution is -2.50. The lowest BCUT2D eigenvalue weighted by molar-refractivity contribution is -0.139. The van der Waals surface area contributed by atoms with Crippen molar-refractivity contribution >= 4 is 5.91 Å². The number of rotatable bonds is 4. The second kappa shape index (κ2) is 3.66. The molecule has 1 saturated heterocycles. The third-order valence-corrected chi connectivity index (χ3v) is 3.01. The second-order valence-electron chi connectivity index (χ2n) is 4.31. The molecule has 0 bridgehead atoms. The molecule has 0 unspecified atom stereocenters. The fourth-order valence-electron chi connectivity index (χ4n) is 1.93. The Labute approximate surface area is 79.3 Å². The van der Waals surface area contributed by atoms with E-state index in [1.807, 2.05) is 4.90 Å². The van der Waals surface area contributed by atoms with Crippen molar-refractivity contribution in [2.45, 2.75) is 25.7 Å². The van der Waals surface area contributed by atoms with E-state index in [2.05, 4.69) is 0 Å². The predicted molar refractivity (Wildman–Crippen MR) is 51.1 cm³/mol. The largest absolute Gasteiger partial charge is 0.342 e. The molecule has 1 amide bonds. The maximum absolute atomic E-state index is 11.5. The minimum Gasteiger partial charge on any atom is -0.342 e. The SMILES string of the molecule is NCCCC1CN(C(=O)C2CC2)C1. The predicted octanol–water partition coefficient (Wildman–Crippen LogP) is 0.594. The number of nitrogens with zero attached hydrogens (tertiary/aromatic N) is 1. The first-order chi connectivity index (χ1) is 6.31. The summed E-state index contributed by atoms with van der Waals surface area (Å²) in [6.07, 6.45) is 4.56. The van der Waals surface area contributed by atoms with Crippen LogP contribution in [0.25, 0.3) is 0 Å². The zero-order valence-electron chi connectivity index (χ0n) is 8.04. The second-order valence-corrected chi connectivity index (χ2v) is 4.31. The van der Waals surface area contributed by atoms with Crippen LogP contribution >= 0.6 is 0 Å². The van der Waals surface area contributed by atoms with Gasteiger partial charge in [-0.3, -0.25) is 4.79 Å². The van der Waals surface area contributed by atoms with Crippen LogP contribution in [0.4, 0.5) is 0 Å². The van der Waals surface area contributed by atoms with E-state index in [1.165, 1.54) is 6.42 Å². The van der Waals surface area contributed by atoms with Gasteiger partial charge >= 0.3 is 0 Å². The maximum atomic E-state index is 11.5. The molecule has 2 N–H and O–H groups in total. The lowest BCUT2D eigenvalue weighted by Gasteiger charge is -2.39. The van der Waals surface area contributed by atoms with Crippen LogP contribution in [0.15, 0.2) is 0 Å². The van der Waals surface area contributed by atoms with Gasteiger partial charge in [0.2, 0.25) is 5.91 Å². The number of likely N-dealkylation sites (tertiary alicyclic amines) is 1. The topological polar surface area (TPSA) is 46.3 Å². The van der Waals surface area contributed by atoms with Gasteiger partial charge < -0.3 is 10.6 Å². The molecule has 74 valence electrons. The Kier molecular flexibility index (Phi) is 2.54. The highest BCUT2D eigenvalue weighted by Crippen LogP contribution is 2.34. The van der Waals surface area contributed by atoms with Crippen LogP contribution in [0.5, 0.6) is 0 Å². The van der Waals surface area contributed by atoms with E-state index in [4.69, 9.17) is 5.73 Å². The van der Waals surface area contributed by atoms with Gasteiger partial charge in [0.25, 0.3) is 0 Å². The smallest absolute Gasteiger partial charge is 0.225 e. The molecule has 3 nitrogen and oxygen atoms in total. The van der Waals surface area contributed by atoms with Crippen LogP contribution < -0.4 is 5.73 Å². The van der Waals surface area contributed by atoms with Gasteiger partial charge in [0.15, 0.2) is 0 Å². The third kappa shape index (κ3) is 2.02. The Hall–Kier alpha value is -0.570. The van der Waals surface area contributed by atoms with Gasteiger partial charge in [-0.2, -0.15) is 0 Å². The summed E-state index contributed by atoms with van der Waals surface area (Å²) < 4.78 is 0. The molecular weight excluding hydrogens is 164 g/mol. The molecule has 13 heavy (non-hydrogen) atoms. The van der Waals surface area contributed by atoms with Crippen molar-refractivity contribution in [3.8, 4) is 0 Å². The average molecular weight is 182 g/mol. The normalized spacial score (nSPS) is 23.0. The zero-order valence-corrected chi connectivity index (χ0v) is 8.04. The zero-order chi connectivity index (χ0) is 9.26. The summed E-state index contributed by atoms with van der Waals surface area (Å²) >= 11 is 0. The van der Waals surface area contributed by atoms with Gasteiger partial charge in [0.05, 0.1) is 0 Å². The van der Waals surface area contributed by atoms with Gasteiger partial charge in [0, 0.05) is 19.0 Å². The number of hydrogen-bond donors (Lipinski definition) is 1. The van der Waals surface area contributed by atoms with E-state index in [0.29, 0.717) is 11.8 Å². The van der Waals surface area contributed by atoms with Crippen molar-refractivity contribution in [2.75, 3.05) is 19.6 Å². The van der Waals surface area contributed by atoms with Crippen LogP contribution in [0.1, 0.15) is 25.7 Å². The number of amides is 1. The Morgan fingerprint density at radius 1 is 1.38 bits per heavy atom. The van der Waals surface area contributed by atoms with Crippen molar-refractivity contribution in [1.29, 1.82) is 0 Å². The van der Waals surface area contributed by atoms with Crippen molar-refractivity contribution < 1.29 is 4.79 Å². The van der Waals surface area contributed by atoms with Crippen molar-refractivity contribution in [1.82, 2.24) is 4.90 Å². The number of carbonyl (C=O) groups excluding carboxylic acids is 1. The van der Waals surface area contributed by atoms with E-state index in [9.17, 15) is 4.79 Å². The molecule has 0 spiro atoms. The lowest BCUT2D eigenvalue weighted by atomic mass is 9.94. The van der Waals surface area contributed by atoms with E-state index < -0.39 is 0 Å². The van der Waals surface area contributed by atoms with Crippen LogP contribution in [0.3, 0.4) is 0 Å². The molecular formula is C10H18N2O. The molecule has 0 radical (unpaired) electrons. The molecule has 0 aromatic heterocycles. The molecule has 0 aromatic rings. The van der Waals surface area contributed by atoms with Crippen LogP contribution in [0, 0.1) is 11.8 Å². The summed E-state index contributed by atoms with van der Waals surface area (Å²) in [6, 6.07) is 0. The summed E-state index contributed by atoms with van der Waals surface area (Å²) in [4.78, 5) is 13.5. The number of nitrogens with two attached hydrogens (primary N) is 1. The van der Waals surface area contributed by atoms with Crippen molar-refractivity contribution in [3.05, 3.63) is 0 Å². The van der Waals surface area contributed by atoms with Gasteiger partial charge in [-0.15, -0.1) is 0 Å². The monoisotopic (exact) mass is 182 g/mol. The molecule has 3 heteroatoms. The van der Waals surface area contributed by atoms with Crippen LogP contribution in [-0.4, -0.2) is 30.4 Å². The van der Waals surface area contributed by atoms with E-state index in [0.717, 1.165) is 44.8 Å². The van der Waals surface area contributed by atoms with Gasteiger partial charge in [-0.05, 0) is 38.1 Å².